The molecular weight excluding hydrogens is 430 g/mol. The normalized spacial score (nSPS) is 17.2. The van der Waals surface area contributed by atoms with Gasteiger partial charge in [-0.3, -0.25) is 14.5 Å². The lowest BCUT2D eigenvalue weighted by atomic mass is 9.94. The molecule has 3 aromatic rings. The first kappa shape index (κ1) is 23.1. The second kappa shape index (κ2) is 9.06. The lowest BCUT2D eigenvalue weighted by Crippen LogP contribution is -2.30. The van der Waals surface area contributed by atoms with Gasteiger partial charge in [0.2, 0.25) is 0 Å². The molecule has 174 valence electrons. The molecule has 1 N–H and O–H groups in total. The second-order valence-electron chi connectivity index (χ2n) is 8.35. The SMILES string of the molecule is COc1cccc(C2/C(=C(\O)c3ccc(OC)c(C)c3)C(=O)C(=O)N2c2cccc(C)c2C)c1. The Hall–Kier alpha value is -4.06. The average molecular weight is 458 g/mol. The minimum Gasteiger partial charge on any atom is -0.507 e. The maximum absolute atomic E-state index is 13.4. The number of aliphatic hydroxyl groups excluding tert-OH is 1. The number of carbonyl (C=O) groups is 2. The Balaban J connectivity index is 1.98. The molecule has 1 unspecified atom stereocenters. The molecule has 1 atom stereocenters. The van der Waals surface area contributed by atoms with E-state index in [1.54, 1.807) is 50.6 Å². The van der Waals surface area contributed by atoms with Crippen molar-refractivity contribution in [3.63, 3.8) is 0 Å². The largest absolute Gasteiger partial charge is 0.507 e. The van der Waals surface area contributed by atoms with E-state index >= 15 is 0 Å². The molecule has 0 bridgehead atoms. The van der Waals surface area contributed by atoms with Crippen LogP contribution < -0.4 is 14.4 Å². The van der Waals surface area contributed by atoms with Crippen LogP contribution in [0.2, 0.25) is 0 Å². The Labute approximate surface area is 199 Å². The summed E-state index contributed by atoms with van der Waals surface area (Å²) < 4.78 is 10.7. The quantitative estimate of drug-likeness (QED) is 0.322. The van der Waals surface area contributed by atoms with Gasteiger partial charge in [0.1, 0.15) is 17.3 Å². The number of ketones is 1. The van der Waals surface area contributed by atoms with Gasteiger partial charge in [0.15, 0.2) is 0 Å². The number of aryl methyl sites for hydroxylation is 2. The highest BCUT2D eigenvalue weighted by molar-refractivity contribution is 6.51. The Morgan fingerprint density at radius 3 is 2.29 bits per heavy atom. The van der Waals surface area contributed by atoms with E-state index in [4.69, 9.17) is 9.47 Å². The number of rotatable bonds is 5. The minimum atomic E-state index is -0.821. The van der Waals surface area contributed by atoms with Gasteiger partial charge in [-0.05, 0) is 79.4 Å². The molecule has 6 nitrogen and oxygen atoms in total. The average Bonchev–Trinajstić information content (AvgIpc) is 3.10. The van der Waals surface area contributed by atoms with Crippen LogP contribution in [0, 0.1) is 20.8 Å². The van der Waals surface area contributed by atoms with Crippen molar-refractivity contribution >= 4 is 23.1 Å². The molecule has 4 rings (SSSR count). The van der Waals surface area contributed by atoms with Crippen LogP contribution in [-0.4, -0.2) is 31.0 Å². The molecule has 0 saturated carbocycles. The van der Waals surface area contributed by atoms with Crippen molar-refractivity contribution < 1.29 is 24.2 Å². The van der Waals surface area contributed by atoms with E-state index in [1.807, 2.05) is 45.0 Å². The zero-order chi connectivity index (χ0) is 24.6. The van der Waals surface area contributed by atoms with Gasteiger partial charge in [0, 0.05) is 11.3 Å². The van der Waals surface area contributed by atoms with Crippen LogP contribution in [0.25, 0.3) is 5.76 Å². The van der Waals surface area contributed by atoms with Crippen LogP contribution in [0.5, 0.6) is 11.5 Å². The van der Waals surface area contributed by atoms with Crippen LogP contribution in [0.1, 0.15) is 33.9 Å². The number of carbonyl (C=O) groups excluding carboxylic acids is 2. The number of Topliss-reactive ketones (excluding diaryl/α,β-unsaturated/α-hetero) is 1. The Kier molecular flexibility index (Phi) is 6.16. The fraction of sp³-hybridized carbons (Fsp3) is 0.214. The Bertz CT molecular complexity index is 1320. The highest BCUT2D eigenvalue weighted by Crippen LogP contribution is 2.44. The number of nitrogens with zero attached hydrogens (tertiary/aromatic N) is 1. The fourth-order valence-electron chi connectivity index (χ4n) is 4.39. The molecule has 0 aromatic heterocycles. The number of anilines is 1. The number of aliphatic hydroxyl groups is 1. The molecule has 1 saturated heterocycles. The molecule has 1 fully saturated rings. The van der Waals surface area contributed by atoms with Crippen LogP contribution >= 0.6 is 0 Å². The summed E-state index contributed by atoms with van der Waals surface area (Å²) in [6.45, 7) is 5.72. The summed E-state index contributed by atoms with van der Waals surface area (Å²) >= 11 is 0. The topological polar surface area (TPSA) is 76.1 Å². The predicted molar refractivity (Wildman–Crippen MR) is 131 cm³/mol. The Morgan fingerprint density at radius 2 is 1.62 bits per heavy atom. The minimum absolute atomic E-state index is 0.0312. The van der Waals surface area contributed by atoms with Crippen molar-refractivity contribution in [2.45, 2.75) is 26.8 Å². The van der Waals surface area contributed by atoms with Gasteiger partial charge in [-0.25, -0.2) is 0 Å². The third-order valence-electron chi connectivity index (χ3n) is 6.36. The molecule has 34 heavy (non-hydrogen) atoms. The fourth-order valence-corrected chi connectivity index (χ4v) is 4.39. The van der Waals surface area contributed by atoms with E-state index in [9.17, 15) is 14.7 Å². The first-order valence-corrected chi connectivity index (χ1v) is 10.9. The van der Waals surface area contributed by atoms with Crippen LogP contribution in [0.3, 0.4) is 0 Å². The van der Waals surface area contributed by atoms with Crippen LogP contribution in [0.4, 0.5) is 5.69 Å². The maximum atomic E-state index is 13.4. The summed E-state index contributed by atoms with van der Waals surface area (Å²) in [6.07, 6.45) is 0. The number of hydrogen-bond donors (Lipinski definition) is 1. The summed E-state index contributed by atoms with van der Waals surface area (Å²) in [7, 11) is 3.13. The molecule has 0 aliphatic carbocycles. The van der Waals surface area contributed by atoms with Crippen LogP contribution in [-0.2, 0) is 9.59 Å². The van der Waals surface area contributed by atoms with Crippen molar-refractivity contribution in [1.82, 2.24) is 0 Å². The molecule has 1 heterocycles. The van der Waals surface area contributed by atoms with E-state index in [2.05, 4.69) is 0 Å². The molecule has 1 amide bonds. The van der Waals surface area contributed by atoms with Gasteiger partial charge in [-0.1, -0.05) is 24.3 Å². The molecular formula is C28H27NO5. The van der Waals surface area contributed by atoms with E-state index in [1.165, 1.54) is 4.90 Å². The third kappa shape index (κ3) is 3.81. The van der Waals surface area contributed by atoms with Crippen molar-refractivity contribution in [3.05, 3.63) is 94.1 Å². The number of methoxy groups -OCH3 is 2. The summed E-state index contributed by atoms with van der Waals surface area (Å²) in [5.74, 6) is -0.404. The predicted octanol–water partition coefficient (Wildman–Crippen LogP) is 5.26. The lowest BCUT2D eigenvalue weighted by Gasteiger charge is -2.27. The number of benzene rings is 3. The molecule has 0 radical (unpaired) electrons. The number of ether oxygens (including phenoxy) is 2. The summed E-state index contributed by atoms with van der Waals surface area (Å²) in [5, 5.41) is 11.4. The van der Waals surface area contributed by atoms with Crippen molar-refractivity contribution in [2.75, 3.05) is 19.1 Å². The second-order valence-corrected chi connectivity index (χ2v) is 8.35. The standard InChI is InChI=1S/C28H27NO5/c1-16-8-6-11-22(18(16)3)29-25(19-9-7-10-21(15-19)33-4)24(27(31)28(29)32)26(30)20-12-13-23(34-5)17(2)14-20/h6-15,25,30H,1-5H3/b26-24+. The van der Waals surface area contributed by atoms with Gasteiger partial charge in [0.05, 0.1) is 25.8 Å². The highest BCUT2D eigenvalue weighted by Gasteiger charge is 2.47. The highest BCUT2D eigenvalue weighted by atomic mass is 16.5. The number of amides is 1. The van der Waals surface area contributed by atoms with Gasteiger partial charge >= 0.3 is 0 Å². The maximum Gasteiger partial charge on any atom is 0.300 e. The summed E-state index contributed by atoms with van der Waals surface area (Å²) in [4.78, 5) is 28.3. The monoisotopic (exact) mass is 457 g/mol. The third-order valence-corrected chi connectivity index (χ3v) is 6.36. The van der Waals surface area contributed by atoms with Crippen molar-refractivity contribution in [3.8, 4) is 11.5 Å². The van der Waals surface area contributed by atoms with Gasteiger partial charge in [-0.15, -0.1) is 0 Å². The van der Waals surface area contributed by atoms with Crippen LogP contribution in [0.15, 0.2) is 66.2 Å². The van der Waals surface area contributed by atoms with Gasteiger partial charge < -0.3 is 14.6 Å². The van der Waals surface area contributed by atoms with E-state index in [0.717, 1.165) is 16.7 Å². The zero-order valence-electron chi connectivity index (χ0n) is 19.9. The summed E-state index contributed by atoms with van der Waals surface area (Å²) in [6, 6.07) is 17.1. The van der Waals surface area contributed by atoms with Gasteiger partial charge in [0.25, 0.3) is 11.7 Å². The smallest absolute Gasteiger partial charge is 0.300 e. The molecule has 3 aromatic carbocycles. The van der Waals surface area contributed by atoms with Crippen molar-refractivity contribution in [2.24, 2.45) is 0 Å². The molecule has 6 heteroatoms. The number of hydrogen-bond acceptors (Lipinski definition) is 5. The van der Waals surface area contributed by atoms with E-state index in [-0.39, 0.29) is 11.3 Å². The van der Waals surface area contributed by atoms with Crippen molar-refractivity contribution in [1.29, 1.82) is 0 Å². The van der Waals surface area contributed by atoms with E-state index in [0.29, 0.717) is 28.3 Å². The first-order chi connectivity index (χ1) is 16.3. The molecule has 0 spiro atoms. The van der Waals surface area contributed by atoms with E-state index < -0.39 is 17.7 Å². The molecule has 1 aliphatic rings. The molecule has 1 aliphatic heterocycles. The Morgan fingerprint density at radius 1 is 0.882 bits per heavy atom. The zero-order valence-corrected chi connectivity index (χ0v) is 19.9. The van der Waals surface area contributed by atoms with Gasteiger partial charge in [-0.2, -0.15) is 0 Å². The first-order valence-electron chi connectivity index (χ1n) is 10.9. The lowest BCUT2D eigenvalue weighted by molar-refractivity contribution is -0.132. The summed E-state index contributed by atoms with van der Waals surface area (Å²) in [5.41, 5.74) is 4.43.